The Morgan fingerprint density at radius 2 is 1.89 bits per heavy atom. The van der Waals surface area contributed by atoms with E-state index in [9.17, 15) is 0 Å². The Balaban J connectivity index is 2.15. The molecule has 3 aromatic heterocycles. The summed E-state index contributed by atoms with van der Waals surface area (Å²) in [7, 11) is 0. The second-order valence-electron chi connectivity index (χ2n) is 3.88. The molecular formula is C10H9ClN8. The summed E-state index contributed by atoms with van der Waals surface area (Å²) >= 11 is 5.91. The minimum Gasteiger partial charge on any atom is -0.223 e. The van der Waals surface area contributed by atoms with Gasteiger partial charge in [-0.05, 0) is 31.5 Å². The minimum atomic E-state index is 0.0723. The Morgan fingerprint density at radius 1 is 1.11 bits per heavy atom. The SMILES string of the molecule is Cc1cc(C)n(-c2nc(Cl)nc(-n3cncn3)n2)n1. The fourth-order valence-corrected chi connectivity index (χ4v) is 1.82. The smallest absolute Gasteiger partial charge is 0.223 e. The molecule has 0 aliphatic heterocycles. The summed E-state index contributed by atoms with van der Waals surface area (Å²) in [6.07, 6.45) is 2.87. The van der Waals surface area contributed by atoms with E-state index in [1.807, 2.05) is 19.9 Å². The fourth-order valence-electron chi connectivity index (χ4n) is 1.67. The summed E-state index contributed by atoms with van der Waals surface area (Å²) in [6, 6.07) is 1.92. The molecule has 0 saturated carbocycles. The number of aromatic nitrogens is 8. The molecule has 0 aromatic carbocycles. The predicted octanol–water partition coefficient (Wildman–Crippen LogP) is 0.908. The first-order chi connectivity index (χ1) is 9.13. The van der Waals surface area contributed by atoms with E-state index in [2.05, 4.69) is 30.1 Å². The van der Waals surface area contributed by atoms with Crippen LogP contribution in [0.1, 0.15) is 11.4 Å². The van der Waals surface area contributed by atoms with E-state index in [1.54, 1.807) is 4.68 Å². The van der Waals surface area contributed by atoms with E-state index in [1.165, 1.54) is 17.3 Å². The summed E-state index contributed by atoms with van der Waals surface area (Å²) in [4.78, 5) is 16.2. The van der Waals surface area contributed by atoms with Crippen LogP contribution in [0.15, 0.2) is 18.7 Å². The predicted molar refractivity (Wildman–Crippen MR) is 66.4 cm³/mol. The first kappa shape index (κ1) is 11.7. The van der Waals surface area contributed by atoms with Crippen molar-refractivity contribution >= 4 is 11.6 Å². The highest BCUT2D eigenvalue weighted by Gasteiger charge is 2.12. The van der Waals surface area contributed by atoms with Gasteiger partial charge in [0, 0.05) is 5.69 Å². The van der Waals surface area contributed by atoms with E-state index < -0.39 is 0 Å². The number of aryl methyl sites for hydroxylation is 2. The van der Waals surface area contributed by atoms with Crippen LogP contribution in [0.25, 0.3) is 11.9 Å². The Kier molecular flexibility index (Phi) is 2.71. The van der Waals surface area contributed by atoms with Gasteiger partial charge < -0.3 is 0 Å². The molecule has 0 unspecified atom stereocenters. The van der Waals surface area contributed by atoms with Gasteiger partial charge in [-0.15, -0.1) is 0 Å². The number of nitrogens with zero attached hydrogens (tertiary/aromatic N) is 8. The Morgan fingerprint density at radius 3 is 2.53 bits per heavy atom. The molecule has 0 spiro atoms. The van der Waals surface area contributed by atoms with Crippen molar-refractivity contribution in [1.82, 2.24) is 39.5 Å². The molecular weight excluding hydrogens is 268 g/mol. The molecule has 3 aromatic rings. The molecule has 0 N–H and O–H groups in total. The summed E-state index contributed by atoms with van der Waals surface area (Å²) in [6.45, 7) is 3.80. The highest BCUT2D eigenvalue weighted by Crippen LogP contribution is 2.11. The van der Waals surface area contributed by atoms with E-state index in [0.717, 1.165) is 11.4 Å². The van der Waals surface area contributed by atoms with E-state index in [-0.39, 0.29) is 5.28 Å². The van der Waals surface area contributed by atoms with Crippen molar-refractivity contribution in [3.8, 4) is 11.9 Å². The monoisotopic (exact) mass is 276 g/mol. The maximum atomic E-state index is 5.91. The Bertz CT molecular complexity index is 717. The second-order valence-corrected chi connectivity index (χ2v) is 4.22. The minimum absolute atomic E-state index is 0.0723. The molecule has 0 aliphatic carbocycles. The molecule has 0 saturated heterocycles. The van der Waals surface area contributed by atoms with Crippen LogP contribution in [-0.2, 0) is 0 Å². The molecule has 3 heterocycles. The topological polar surface area (TPSA) is 87.2 Å². The molecule has 0 fully saturated rings. The number of hydrogen-bond acceptors (Lipinski definition) is 6. The van der Waals surface area contributed by atoms with Crippen LogP contribution in [0.3, 0.4) is 0 Å². The standard InChI is InChI=1S/C10H9ClN8/c1-6-3-7(2)19(17-6)10-15-8(11)14-9(16-10)18-5-12-4-13-18/h3-5H,1-2H3. The first-order valence-corrected chi connectivity index (χ1v) is 5.81. The third kappa shape index (κ3) is 2.17. The lowest BCUT2D eigenvalue weighted by atomic mass is 10.4. The van der Waals surface area contributed by atoms with Crippen molar-refractivity contribution < 1.29 is 0 Å². The zero-order valence-electron chi connectivity index (χ0n) is 10.2. The van der Waals surface area contributed by atoms with Crippen molar-refractivity contribution in [3.05, 3.63) is 35.4 Å². The molecule has 0 bridgehead atoms. The maximum absolute atomic E-state index is 5.91. The molecule has 9 heteroatoms. The van der Waals surface area contributed by atoms with Crippen LogP contribution in [0, 0.1) is 13.8 Å². The molecule has 0 amide bonds. The third-order valence-corrected chi connectivity index (χ3v) is 2.58. The lowest BCUT2D eigenvalue weighted by Gasteiger charge is -2.04. The van der Waals surface area contributed by atoms with Crippen LogP contribution in [0.4, 0.5) is 0 Å². The van der Waals surface area contributed by atoms with E-state index >= 15 is 0 Å². The van der Waals surface area contributed by atoms with Gasteiger partial charge in [0.2, 0.25) is 5.28 Å². The molecule has 96 valence electrons. The van der Waals surface area contributed by atoms with E-state index in [4.69, 9.17) is 11.6 Å². The Hall–Kier alpha value is -2.35. The van der Waals surface area contributed by atoms with Gasteiger partial charge in [-0.3, -0.25) is 0 Å². The van der Waals surface area contributed by atoms with Crippen molar-refractivity contribution in [2.75, 3.05) is 0 Å². The lowest BCUT2D eigenvalue weighted by Crippen LogP contribution is -2.11. The van der Waals surface area contributed by atoms with Gasteiger partial charge in [0.05, 0.1) is 5.69 Å². The highest BCUT2D eigenvalue weighted by atomic mass is 35.5. The van der Waals surface area contributed by atoms with Crippen LogP contribution in [0.5, 0.6) is 0 Å². The third-order valence-electron chi connectivity index (χ3n) is 2.41. The molecule has 3 rings (SSSR count). The fraction of sp³-hybridized carbons (Fsp3) is 0.200. The first-order valence-electron chi connectivity index (χ1n) is 5.44. The maximum Gasteiger partial charge on any atom is 0.258 e. The normalized spacial score (nSPS) is 10.9. The zero-order valence-corrected chi connectivity index (χ0v) is 10.9. The summed E-state index contributed by atoms with van der Waals surface area (Å²) in [5.41, 5.74) is 1.78. The molecule has 0 aliphatic rings. The number of rotatable bonds is 2. The quantitative estimate of drug-likeness (QED) is 0.691. The van der Waals surface area contributed by atoms with Crippen molar-refractivity contribution in [2.45, 2.75) is 13.8 Å². The van der Waals surface area contributed by atoms with Gasteiger partial charge in [-0.1, -0.05) is 0 Å². The largest absolute Gasteiger partial charge is 0.258 e. The average Bonchev–Trinajstić information content (AvgIpc) is 2.98. The second kappa shape index (κ2) is 4.39. The van der Waals surface area contributed by atoms with Gasteiger partial charge >= 0.3 is 0 Å². The summed E-state index contributed by atoms with van der Waals surface area (Å²) in [5, 5.41) is 8.33. The van der Waals surface area contributed by atoms with Crippen molar-refractivity contribution in [1.29, 1.82) is 0 Å². The molecule has 0 radical (unpaired) electrons. The van der Waals surface area contributed by atoms with Gasteiger partial charge in [-0.25, -0.2) is 9.67 Å². The zero-order chi connectivity index (χ0) is 13.4. The van der Waals surface area contributed by atoms with Crippen LogP contribution in [-0.4, -0.2) is 39.5 Å². The van der Waals surface area contributed by atoms with Crippen LogP contribution < -0.4 is 0 Å². The summed E-state index contributed by atoms with van der Waals surface area (Å²) < 4.78 is 3.01. The van der Waals surface area contributed by atoms with Crippen LogP contribution >= 0.6 is 11.6 Å². The lowest BCUT2D eigenvalue weighted by molar-refractivity contribution is 0.728. The number of hydrogen-bond donors (Lipinski definition) is 0. The molecule has 0 atom stereocenters. The van der Waals surface area contributed by atoms with Gasteiger partial charge in [0.1, 0.15) is 12.7 Å². The average molecular weight is 277 g/mol. The molecule has 8 nitrogen and oxygen atoms in total. The Labute approximate surface area is 113 Å². The highest BCUT2D eigenvalue weighted by molar-refractivity contribution is 6.28. The number of halogens is 1. The molecule has 19 heavy (non-hydrogen) atoms. The summed E-state index contributed by atoms with van der Waals surface area (Å²) in [5.74, 6) is 0.635. The van der Waals surface area contributed by atoms with E-state index in [0.29, 0.717) is 11.9 Å². The van der Waals surface area contributed by atoms with Crippen molar-refractivity contribution in [3.63, 3.8) is 0 Å². The van der Waals surface area contributed by atoms with Gasteiger partial charge in [0.25, 0.3) is 11.9 Å². The van der Waals surface area contributed by atoms with Crippen molar-refractivity contribution in [2.24, 2.45) is 0 Å². The van der Waals surface area contributed by atoms with Gasteiger partial charge in [0.15, 0.2) is 0 Å². The van der Waals surface area contributed by atoms with Gasteiger partial charge in [-0.2, -0.15) is 29.8 Å². The van der Waals surface area contributed by atoms with Crippen LogP contribution in [0.2, 0.25) is 5.28 Å².